The number of benzene rings is 1. The van der Waals surface area contributed by atoms with Gasteiger partial charge in [0.15, 0.2) is 0 Å². The first-order valence-corrected chi connectivity index (χ1v) is 5.39. The van der Waals surface area contributed by atoms with Crippen molar-refractivity contribution in [1.29, 1.82) is 5.26 Å². The van der Waals surface area contributed by atoms with Crippen molar-refractivity contribution < 1.29 is 4.74 Å². The topological polar surface area (TPSA) is 33.0 Å². The van der Waals surface area contributed by atoms with Crippen LogP contribution < -0.4 is 0 Å². The Bertz CT molecular complexity index is 451. The molecule has 0 spiro atoms. The molecule has 0 saturated carbocycles. The van der Waals surface area contributed by atoms with Gasteiger partial charge in [0.05, 0.1) is 18.8 Å². The summed E-state index contributed by atoms with van der Waals surface area (Å²) in [5.74, 6) is 0.720. The van der Waals surface area contributed by atoms with Gasteiger partial charge in [0.1, 0.15) is 5.76 Å². The van der Waals surface area contributed by atoms with E-state index in [-0.39, 0.29) is 0 Å². The maximum Gasteiger partial charge on any atom is 0.132 e. The van der Waals surface area contributed by atoms with Crippen molar-refractivity contribution in [3.63, 3.8) is 0 Å². The minimum absolute atomic E-state index is 0.708. The summed E-state index contributed by atoms with van der Waals surface area (Å²) in [6.45, 7) is 0.708. The molecule has 0 atom stereocenters. The highest BCUT2D eigenvalue weighted by Crippen LogP contribution is 2.25. The van der Waals surface area contributed by atoms with E-state index in [1.54, 1.807) is 0 Å². The second kappa shape index (κ2) is 5.18. The Morgan fingerprint density at radius 3 is 2.81 bits per heavy atom. The molecule has 2 rings (SSSR count). The second-order valence-corrected chi connectivity index (χ2v) is 3.67. The van der Waals surface area contributed by atoms with Crippen LogP contribution in [0.15, 0.2) is 47.7 Å². The van der Waals surface area contributed by atoms with Gasteiger partial charge in [-0.1, -0.05) is 30.3 Å². The zero-order valence-corrected chi connectivity index (χ0v) is 9.02. The van der Waals surface area contributed by atoms with E-state index in [1.165, 1.54) is 6.08 Å². The molecule has 1 aliphatic rings. The van der Waals surface area contributed by atoms with Crippen molar-refractivity contribution in [1.82, 2.24) is 0 Å². The summed E-state index contributed by atoms with van der Waals surface area (Å²) in [6.07, 6.45) is 5.56. The van der Waals surface area contributed by atoms with Crippen molar-refractivity contribution in [2.24, 2.45) is 0 Å². The van der Waals surface area contributed by atoms with E-state index < -0.39 is 0 Å². The van der Waals surface area contributed by atoms with Crippen molar-refractivity contribution >= 4 is 6.08 Å². The third-order valence-electron chi connectivity index (χ3n) is 2.50. The molecule has 0 unspecified atom stereocenters. The van der Waals surface area contributed by atoms with E-state index in [2.05, 4.69) is 6.08 Å². The van der Waals surface area contributed by atoms with E-state index in [0.717, 1.165) is 29.7 Å². The fraction of sp³-hybridized carbons (Fsp3) is 0.214. The van der Waals surface area contributed by atoms with Crippen LogP contribution in [0.25, 0.3) is 6.08 Å². The van der Waals surface area contributed by atoms with E-state index in [9.17, 15) is 0 Å². The van der Waals surface area contributed by atoms with Crippen LogP contribution in [0.3, 0.4) is 0 Å². The fourth-order valence-electron chi connectivity index (χ4n) is 1.75. The van der Waals surface area contributed by atoms with Crippen molar-refractivity contribution in [3.8, 4) is 6.07 Å². The monoisotopic (exact) mass is 211 g/mol. The van der Waals surface area contributed by atoms with E-state index in [0.29, 0.717) is 6.61 Å². The average molecular weight is 211 g/mol. The van der Waals surface area contributed by atoms with Crippen LogP contribution in [0.5, 0.6) is 0 Å². The average Bonchev–Trinajstić information content (AvgIpc) is 2.33. The summed E-state index contributed by atoms with van der Waals surface area (Å²) >= 11 is 0. The standard InChI is InChI=1S/C14H13NO/c15-9-8-14-13(7-4-10-16-14)11-12-5-2-1-3-6-12/h1-3,5-6,8,11H,4,7,10H2/b13-11+,14-8-. The molecular formula is C14H13NO. The van der Waals surface area contributed by atoms with Crippen LogP contribution in [-0.4, -0.2) is 6.61 Å². The summed E-state index contributed by atoms with van der Waals surface area (Å²) in [7, 11) is 0. The predicted molar refractivity (Wildman–Crippen MR) is 63.3 cm³/mol. The highest BCUT2D eigenvalue weighted by molar-refractivity contribution is 5.58. The Morgan fingerprint density at radius 2 is 2.06 bits per heavy atom. The molecular weight excluding hydrogens is 198 g/mol. The van der Waals surface area contributed by atoms with Crippen LogP contribution >= 0.6 is 0 Å². The quantitative estimate of drug-likeness (QED) is 0.668. The lowest BCUT2D eigenvalue weighted by atomic mass is 10.0. The summed E-state index contributed by atoms with van der Waals surface area (Å²) in [6, 6.07) is 12.1. The summed E-state index contributed by atoms with van der Waals surface area (Å²) < 4.78 is 5.47. The van der Waals surface area contributed by atoms with Gasteiger partial charge >= 0.3 is 0 Å². The molecule has 2 nitrogen and oxygen atoms in total. The number of nitrogens with zero attached hydrogens (tertiary/aromatic N) is 1. The van der Waals surface area contributed by atoms with Gasteiger partial charge in [-0.25, -0.2) is 0 Å². The Hall–Kier alpha value is -2.01. The molecule has 0 aliphatic carbocycles. The third-order valence-corrected chi connectivity index (χ3v) is 2.50. The molecule has 2 heteroatoms. The molecule has 80 valence electrons. The first-order valence-electron chi connectivity index (χ1n) is 5.39. The Labute approximate surface area is 95.5 Å². The molecule has 1 heterocycles. The van der Waals surface area contributed by atoms with Crippen molar-refractivity contribution in [2.45, 2.75) is 12.8 Å². The van der Waals surface area contributed by atoms with Gasteiger partial charge in [0, 0.05) is 0 Å². The number of allylic oxidation sites excluding steroid dienone is 2. The first kappa shape index (κ1) is 10.5. The van der Waals surface area contributed by atoms with Gasteiger partial charge < -0.3 is 4.74 Å². The number of rotatable bonds is 1. The minimum atomic E-state index is 0.708. The van der Waals surface area contributed by atoms with Gasteiger partial charge in [0.25, 0.3) is 0 Å². The maximum absolute atomic E-state index is 8.67. The molecule has 16 heavy (non-hydrogen) atoms. The van der Waals surface area contributed by atoms with Crippen molar-refractivity contribution in [3.05, 3.63) is 53.3 Å². The summed E-state index contributed by atoms with van der Waals surface area (Å²) in [4.78, 5) is 0. The normalized spacial score (nSPS) is 20.4. The van der Waals surface area contributed by atoms with Gasteiger partial charge in [0.2, 0.25) is 0 Å². The lowest BCUT2D eigenvalue weighted by Crippen LogP contribution is -2.06. The molecule has 0 aromatic heterocycles. The maximum atomic E-state index is 8.67. The Balaban J connectivity index is 2.28. The van der Waals surface area contributed by atoms with E-state index >= 15 is 0 Å². The summed E-state index contributed by atoms with van der Waals surface area (Å²) in [5, 5.41) is 8.67. The number of nitriles is 1. The number of hydrogen-bond donors (Lipinski definition) is 0. The van der Waals surface area contributed by atoms with Gasteiger partial charge in [-0.05, 0) is 30.1 Å². The van der Waals surface area contributed by atoms with Crippen LogP contribution in [0.2, 0.25) is 0 Å². The molecule has 1 aromatic carbocycles. The Morgan fingerprint density at radius 1 is 1.25 bits per heavy atom. The Kier molecular flexibility index (Phi) is 3.40. The summed E-state index contributed by atoms with van der Waals surface area (Å²) in [5.41, 5.74) is 2.26. The lowest BCUT2D eigenvalue weighted by Gasteiger charge is -2.18. The molecule has 1 aliphatic heterocycles. The SMILES string of the molecule is N#C/C=C1\OCCC\C1=C/c1ccccc1. The van der Waals surface area contributed by atoms with Crippen LogP contribution in [-0.2, 0) is 4.74 Å². The van der Waals surface area contributed by atoms with Gasteiger partial charge in [-0.3, -0.25) is 0 Å². The van der Waals surface area contributed by atoms with E-state index in [1.807, 2.05) is 36.4 Å². The zero-order valence-electron chi connectivity index (χ0n) is 9.02. The molecule has 0 bridgehead atoms. The molecule has 0 radical (unpaired) electrons. The van der Waals surface area contributed by atoms with Gasteiger partial charge in [-0.15, -0.1) is 0 Å². The largest absolute Gasteiger partial charge is 0.493 e. The predicted octanol–water partition coefficient (Wildman–Crippen LogP) is 3.29. The lowest BCUT2D eigenvalue weighted by molar-refractivity contribution is 0.195. The smallest absolute Gasteiger partial charge is 0.132 e. The van der Waals surface area contributed by atoms with Gasteiger partial charge in [-0.2, -0.15) is 5.26 Å². The van der Waals surface area contributed by atoms with Crippen LogP contribution in [0, 0.1) is 11.3 Å². The molecule has 1 saturated heterocycles. The van der Waals surface area contributed by atoms with Crippen molar-refractivity contribution in [2.75, 3.05) is 6.61 Å². The highest BCUT2D eigenvalue weighted by atomic mass is 16.5. The fourth-order valence-corrected chi connectivity index (χ4v) is 1.75. The minimum Gasteiger partial charge on any atom is -0.493 e. The third kappa shape index (κ3) is 2.52. The molecule has 0 amide bonds. The second-order valence-electron chi connectivity index (χ2n) is 3.67. The number of ether oxygens (including phenoxy) is 1. The molecule has 1 aromatic rings. The van der Waals surface area contributed by atoms with E-state index in [4.69, 9.17) is 10.00 Å². The highest BCUT2D eigenvalue weighted by Gasteiger charge is 2.12. The molecule has 0 N–H and O–H groups in total. The molecule has 1 fully saturated rings. The zero-order chi connectivity index (χ0) is 11.2. The number of hydrogen-bond acceptors (Lipinski definition) is 2. The van der Waals surface area contributed by atoms with Crippen LogP contribution in [0.1, 0.15) is 18.4 Å². The van der Waals surface area contributed by atoms with Crippen LogP contribution in [0.4, 0.5) is 0 Å². The first-order chi connectivity index (χ1) is 7.90.